The summed E-state index contributed by atoms with van der Waals surface area (Å²) in [6, 6.07) is 14.5. The quantitative estimate of drug-likeness (QED) is 0.592. The molecule has 2 aromatic carbocycles. The molecule has 0 saturated carbocycles. The van der Waals surface area contributed by atoms with E-state index in [0.29, 0.717) is 10.0 Å². The summed E-state index contributed by atoms with van der Waals surface area (Å²) in [6.07, 6.45) is 4.40. The van der Waals surface area contributed by atoms with E-state index in [4.69, 9.17) is 31.6 Å². The van der Waals surface area contributed by atoms with Gasteiger partial charge in [0, 0.05) is 12.7 Å². The van der Waals surface area contributed by atoms with Gasteiger partial charge in [0.05, 0.1) is 10.0 Å². The van der Waals surface area contributed by atoms with Crippen LogP contribution in [-0.4, -0.2) is 28.6 Å². The van der Waals surface area contributed by atoms with E-state index in [-0.39, 0.29) is 0 Å². The van der Waals surface area contributed by atoms with Gasteiger partial charge >= 0.3 is 11.6 Å². The van der Waals surface area contributed by atoms with Gasteiger partial charge in [-0.25, -0.2) is 0 Å². The molecular formula is C19H24Cl2N2O2S. The zero-order chi connectivity index (χ0) is 19.2. The third kappa shape index (κ3) is 9.34. The van der Waals surface area contributed by atoms with E-state index < -0.39 is 11.6 Å². The zero-order valence-electron chi connectivity index (χ0n) is 14.8. The fourth-order valence-electron chi connectivity index (χ4n) is 2.49. The van der Waals surface area contributed by atoms with Crippen LogP contribution in [0.2, 0.25) is 10.0 Å². The van der Waals surface area contributed by atoms with E-state index >= 15 is 0 Å². The summed E-state index contributed by atoms with van der Waals surface area (Å²) in [5.41, 5.74) is 3.79. The fraction of sp³-hybridized carbons (Fsp3) is 0.368. The van der Waals surface area contributed by atoms with Crippen LogP contribution in [0.15, 0.2) is 42.5 Å². The lowest BCUT2D eigenvalue weighted by molar-refractivity contribution is 0.622. The molecule has 0 aromatic heterocycles. The van der Waals surface area contributed by atoms with Crippen molar-refractivity contribution in [2.45, 2.75) is 25.7 Å². The monoisotopic (exact) mass is 414 g/mol. The average Bonchev–Trinajstić information content (AvgIpc) is 2.65. The number of hydrogen-bond acceptors (Lipinski definition) is 4. The predicted octanol–water partition coefficient (Wildman–Crippen LogP) is 4.52. The lowest BCUT2D eigenvalue weighted by Gasteiger charge is -2.07. The molecule has 0 atom stereocenters. The Morgan fingerprint density at radius 2 is 1.38 bits per heavy atom. The number of rotatable bonds is 9. The highest BCUT2D eigenvalue weighted by atomic mass is 35.5. The van der Waals surface area contributed by atoms with Gasteiger partial charge in [0.15, 0.2) is 0 Å². The van der Waals surface area contributed by atoms with E-state index in [1.165, 1.54) is 11.1 Å². The summed E-state index contributed by atoms with van der Waals surface area (Å²) in [6.45, 7) is 2.08. The van der Waals surface area contributed by atoms with Gasteiger partial charge in [-0.2, -0.15) is 8.42 Å². The second-order valence-corrected chi connectivity index (χ2v) is 6.67. The summed E-state index contributed by atoms with van der Waals surface area (Å²) in [5, 5.41) is 7.90. The second-order valence-electron chi connectivity index (χ2n) is 5.72. The maximum Gasteiger partial charge on any atom is 0.335 e. The van der Waals surface area contributed by atoms with Crippen LogP contribution < -0.4 is 10.6 Å². The van der Waals surface area contributed by atoms with Gasteiger partial charge in [-0.3, -0.25) is 0 Å². The van der Waals surface area contributed by atoms with Crippen LogP contribution in [0.25, 0.3) is 0 Å². The second kappa shape index (κ2) is 13.8. The summed E-state index contributed by atoms with van der Waals surface area (Å²) >= 11 is 11.2. The minimum absolute atomic E-state index is 0.622. The number of aryl methyl sites for hydroxylation is 2. The molecule has 0 radical (unpaired) electrons. The number of halogens is 2. The molecular weight excluding hydrogens is 391 g/mol. The Morgan fingerprint density at radius 1 is 0.846 bits per heavy atom. The van der Waals surface area contributed by atoms with Crippen molar-refractivity contribution >= 4 is 40.5 Å². The molecule has 0 aliphatic heterocycles. The fourth-order valence-corrected chi connectivity index (χ4v) is 2.81. The molecule has 0 bridgehead atoms. The topological polar surface area (TPSA) is 58.2 Å². The van der Waals surface area contributed by atoms with Gasteiger partial charge < -0.3 is 10.6 Å². The molecule has 0 heterocycles. The van der Waals surface area contributed by atoms with Crippen LogP contribution in [0.3, 0.4) is 0 Å². The van der Waals surface area contributed by atoms with Crippen LogP contribution >= 0.6 is 23.2 Å². The van der Waals surface area contributed by atoms with Crippen molar-refractivity contribution in [3.8, 4) is 0 Å². The van der Waals surface area contributed by atoms with Crippen molar-refractivity contribution in [2.24, 2.45) is 0 Å². The Hall–Kier alpha value is -1.40. The van der Waals surface area contributed by atoms with Crippen LogP contribution in [0.5, 0.6) is 0 Å². The van der Waals surface area contributed by atoms with E-state index in [0.717, 1.165) is 44.5 Å². The van der Waals surface area contributed by atoms with E-state index in [9.17, 15) is 0 Å². The lowest BCUT2D eigenvalue weighted by atomic mass is 10.1. The largest absolute Gasteiger partial charge is 0.388 e. The summed E-state index contributed by atoms with van der Waals surface area (Å²) < 4.78 is 16.6. The first-order valence-corrected chi connectivity index (χ1v) is 9.86. The van der Waals surface area contributed by atoms with Gasteiger partial charge in [0.1, 0.15) is 0 Å². The molecule has 0 spiro atoms. The minimum Gasteiger partial charge on any atom is -0.388 e. The number of anilines is 1. The minimum atomic E-state index is -0.750. The number of benzene rings is 2. The molecule has 4 nitrogen and oxygen atoms in total. The smallest absolute Gasteiger partial charge is 0.335 e. The van der Waals surface area contributed by atoms with E-state index in [2.05, 4.69) is 34.9 Å². The molecule has 0 saturated heterocycles. The van der Waals surface area contributed by atoms with Crippen molar-refractivity contribution < 1.29 is 8.42 Å². The zero-order valence-corrected chi connectivity index (χ0v) is 17.1. The van der Waals surface area contributed by atoms with Crippen molar-refractivity contribution in [1.29, 1.82) is 0 Å². The summed E-state index contributed by atoms with van der Waals surface area (Å²) in [7, 11) is 1.94. The first kappa shape index (κ1) is 22.6. The average molecular weight is 415 g/mol. The molecule has 0 aliphatic rings. The van der Waals surface area contributed by atoms with Gasteiger partial charge in [0.25, 0.3) is 0 Å². The normalized spacial score (nSPS) is 9.96. The molecule has 2 N–H and O–H groups in total. The first-order chi connectivity index (χ1) is 12.6. The Kier molecular flexibility index (Phi) is 12.0. The highest BCUT2D eigenvalue weighted by molar-refractivity contribution is 7.51. The van der Waals surface area contributed by atoms with Crippen molar-refractivity contribution in [2.75, 3.05) is 25.5 Å². The lowest BCUT2D eigenvalue weighted by Crippen LogP contribution is -2.17. The van der Waals surface area contributed by atoms with Gasteiger partial charge in [-0.15, -0.1) is 0 Å². The molecule has 0 aliphatic carbocycles. The molecule has 2 rings (SSSR count). The summed E-state index contributed by atoms with van der Waals surface area (Å²) in [5.74, 6) is 0. The van der Waals surface area contributed by atoms with Crippen molar-refractivity contribution in [1.82, 2.24) is 5.32 Å². The molecule has 7 heteroatoms. The SMILES string of the molecule is CNc1ccc(CCCNCCCc2ccc(Cl)c(Cl)c2)cc1.O=S=O. The first-order valence-electron chi connectivity index (χ1n) is 8.43. The summed E-state index contributed by atoms with van der Waals surface area (Å²) in [4.78, 5) is 0. The third-order valence-corrected chi connectivity index (χ3v) is 4.60. The molecule has 0 amide bonds. The van der Waals surface area contributed by atoms with Crippen molar-refractivity contribution in [3.63, 3.8) is 0 Å². The third-order valence-electron chi connectivity index (χ3n) is 3.86. The highest BCUT2D eigenvalue weighted by Crippen LogP contribution is 2.23. The van der Waals surface area contributed by atoms with Crippen LogP contribution in [0.4, 0.5) is 5.69 Å². The standard InChI is InChI=1S/C19H24Cl2N2.O2S/c1-22-17-9-6-15(7-10-17)4-2-12-23-13-3-5-16-8-11-18(20)19(21)14-16;1-3-2/h6-11,14,22-23H,2-5,12-13H2,1H3;. The van der Waals surface area contributed by atoms with Crippen LogP contribution in [0.1, 0.15) is 24.0 Å². The Balaban J connectivity index is 0.00000105. The predicted molar refractivity (Wildman–Crippen MR) is 111 cm³/mol. The van der Waals surface area contributed by atoms with Gasteiger partial charge in [-0.1, -0.05) is 41.4 Å². The number of hydrogen-bond donors (Lipinski definition) is 2. The number of nitrogens with one attached hydrogen (secondary N) is 2. The van der Waals surface area contributed by atoms with E-state index in [1.54, 1.807) is 0 Å². The van der Waals surface area contributed by atoms with Crippen LogP contribution in [0, 0.1) is 0 Å². The maximum absolute atomic E-state index is 8.29. The molecule has 142 valence electrons. The van der Waals surface area contributed by atoms with E-state index in [1.807, 2.05) is 25.2 Å². The Morgan fingerprint density at radius 3 is 1.92 bits per heavy atom. The molecule has 26 heavy (non-hydrogen) atoms. The maximum atomic E-state index is 8.29. The van der Waals surface area contributed by atoms with Gasteiger partial charge in [0.2, 0.25) is 0 Å². The molecule has 2 aromatic rings. The highest BCUT2D eigenvalue weighted by Gasteiger charge is 1.99. The molecule has 0 fully saturated rings. The van der Waals surface area contributed by atoms with Crippen LogP contribution in [-0.2, 0) is 24.4 Å². The van der Waals surface area contributed by atoms with Gasteiger partial charge in [-0.05, 0) is 74.2 Å². The molecule has 0 unspecified atom stereocenters. The Bertz CT molecular complexity index is 690. The Labute approximate surface area is 168 Å². The van der Waals surface area contributed by atoms with Crippen molar-refractivity contribution in [3.05, 3.63) is 63.6 Å².